The molecule has 18 heavy (non-hydrogen) atoms. The number of hydrogen-bond donors (Lipinski definition) is 2. The lowest BCUT2D eigenvalue weighted by Gasteiger charge is -2.38. The second-order valence-electron chi connectivity index (χ2n) is 5.81. The maximum atomic E-state index is 8.96. The molecule has 0 aromatic heterocycles. The Kier molecular flexibility index (Phi) is 7.87. The van der Waals surface area contributed by atoms with Crippen molar-refractivity contribution in [2.45, 2.75) is 52.5 Å². The van der Waals surface area contributed by atoms with Crippen LogP contribution in [-0.2, 0) is 0 Å². The van der Waals surface area contributed by atoms with E-state index in [1.807, 2.05) is 0 Å². The fourth-order valence-electron chi connectivity index (χ4n) is 3.24. The lowest BCUT2D eigenvalue weighted by molar-refractivity contribution is 0.141. The molecule has 0 bridgehead atoms. The minimum atomic E-state index is 0.314. The van der Waals surface area contributed by atoms with Crippen LogP contribution < -0.4 is 5.32 Å². The van der Waals surface area contributed by atoms with Crippen LogP contribution in [0.1, 0.15) is 46.5 Å². The van der Waals surface area contributed by atoms with E-state index >= 15 is 0 Å². The van der Waals surface area contributed by atoms with E-state index in [9.17, 15) is 0 Å². The molecule has 1 saturated carbocycles. The number of nitrogens with zero attached hydrogens (tertiary/aromatic N) is 1. The van der Waals surface area contributed by atoms with E-state index in [1.54, 1.807) is 0 Å². The van der Waals surface area contributed by atoms with Crippen molar-refractivity contribution in [3.8, 4) is 0 Å². The highest BCUT2D eigenvalue weighted by Gasteiger charge is 2.28. The molecule has 0 amide bonds. The van der Waals surface area contributed by atoms with E-state index in [1.165, 1.54) is 25.8 Å². The molecule has 3 unspecified atom stereocenters. The summed E-state index contributed by atoms with van der Waals surface area (Å²) in [5.74, 6) is 1.66. The highest BCUT2D eigenvalue weighted by Crippen LogP contribution is 2.29. The van der Waals surface area contributed by atoms with E-state index in [0.717, 1.165) is 37.9 Å². The monoisotopic (exact) mass is 256 g/mol. The molecular formula is C15H32N2O. The quantitative estimate of drug-likeness (QED) is 0.698. The number of aliphatic hydroxyl groups excluding tert-OH is 1. The zero-order chi connectivity index (χ0) is 13.4. The summed E-state index contributed by atoms with van der Waals surface area (Å²) in [5, 5.41) is 12.6. The predicted molar refractivity (Wildman–Crippen MR) is 77.8 cm³/mol. The van der Waals surface area contributed by atoms with Gasteiger partial charge in [0, 0.05) is 25.7 Å². The van der Waals surface area contributed by atoms with Crippen molar-refractivity contribution in [3.63, 3.8) is 0 Å². The normalized spacial score (nSPS) is 28.8. The number of aliphatic hydroxyl groups is 1. The minimum Gasteiger partial charge on any atom is -0.396 e. The van der Waals surface area contributed by atoms with E-state index in [-0.39, 0.29) is 0 Å². The van der Waals surface area contributed by atoms with E-state index in [2.05, 4.69) is 31.0 Å². The van der Waals surface area contributed by atoms with Crippen LogP contribution in [0.3, 0.4) is 0 Å². The average Bonchev–Trinajstić information content (AvgIpc) is 2.37. The van der Waals surface area contributed by atoms with Gasteiger partial charge < -0.3 is 15.3 Å². The molecule has 0 heterocycles. The van der Waals surface area contributed by atoms with Crippen LogP contribution in [0, 0.1) is 11.8 Å². The van der Waals surface area contributed by atoms with Crippen LogP contribution in [0.5, 0.6) is 0 Å². The third kappa shape index (κ3) is 5.25. The second-order valence-corrected chi connectivity index (χ2v) is 5.81. The molecule has 0 aromatic carbocycles. The summed E-state index contributed by atoms with van der Waals surface area (Å²) in [5.41, 5.74) is 0. The van der Waals surface area contributed by atoms with Crippen molar-refractivity contribution in [3.05, 3.63) is 0 Å². The summed E-state index contributed by atoms with van der Waals surface area (Å²) in [6.45, 7) is 11.6. The van der Waals surface area contributed by atoms with Gasteiger partial charge in [0.25, 0.3) is 0 Å². The van der Waals surface area contributed by atoms with Gasteiger partial charge in [-0.15, -0.1) is 0 Å². The molecule has 2 N–H and O–H groups in total. The maximum Gasteiger partial charge on any atom is 0.0443 e. The third-order valence-corrected chi connectivity index (χ3v) is 4.28. The molecule has 3 nitrogen and oxygen atoms in total. The molecule has 1 aliphatic rings. The molecule has 0 saturated heterocycles. The Balaban J connectivity index is 2.47. The summed E-state index contributed by atoms with van der Waals surface area (Å²) in [4.78, 5) is 2.50. The fraction of sp³-hybridized carbons (Fsp3) is 1.00. The Morgan fingerprint density at radius 3 is 2.67 bits per heavy atom. The molecule has 1 aliphatic carbocycles. The van der Waals surface area contributed by atoms with Gasteiger partial charge in [-0.3, -0.25) is 0 Å². The van der Waals surface area contributed by atoms with Gasteiger partial charge in [0.2, 0.25) is 0 Å². The van der Waals surface area contributed by atoms with Gasteiger partial charge in [0.1, 0.15) is 0 Å². The van der Waals surface area contributed by atoms with Crippen molar-refractivity contribution in [1.82, 2.24) is 10.2 Å². The van der Waals surface area contributed by atoms with Crippen LogP contribution in [0.25, 0.3) is 0 Å². The van der Waals surface area contributed by atoms with Gasteiger partial charge in [0.05, 0.1) is 0 Å². The first-order valence-corrected chi connectivity index (χ1v) is 7.77. The van der Waals surface area contributed by atoms with E-state index in [0.29, 0.717) is 12.6 Å². The summed E-state index contributed by atoms with van der Waals surface area (Å²) in [6, 6.07) is 0.703. The van der Waals surface area contributed by atoms with Crippen molar-refractivity contribution >= 4 is 0 Å². The van der Waals surface area contributed by atoms with Crippen LogP contribution in [0.4, 0.5) is 0 Å². The summed E-state index contributed by atoms with van der Waals surface area (Å²) < 4.78 is 0. The van der Waals surface area contributed by atoms with Crippen molar-refractivity contribution in [1.29, 1.82) is 0 Å². The second kappa shape index (κ2) is 8.89. The van der Waals surface area contributed by atoms with Crippen molar-refractivity contribution in [2.24, 2.45) is 11.8 Å². The van der Waals surface area contributed by atoms with Crippen LogP contribution in [-0.4, -0.2) is 48.8 Å². The zero-order valence-electron chi connectivity index (χ0n) is 12.5. The number of rotatable bonds is 8. The Morgan fingerprint density at radius 2 is 2.06 bits per heavy atom. The molecule has 3 atom stereocenters. The van der Waals surface area contributed by atoms with E-state index in [4.69, 9.17) is 5.11 Å². The molecule has 3 heteroatoms. The van der Waals surface area contributed by atoms with Crippen LogP contribution in [0.15, 0.2) is 0 Å². The SMILES string of the molecule is CCNC1CCC(C)CC1CN(CC)CCCO. The summed E-state index contributed by atoms with van der Waals surface area (Å²) in [7, 11) is 0. The molecule has 0 aliphatic heterocycles. The van der Waals surface area contributed by atoms with Crippen LogP contribution in [0.2, 0.25) is 0 Å². The first-order chi connectivity index (χ1) is 8.71. The lowest BCUT2D eigenvalue weighted by atomic mass is 9.78. The number of nitrogens with one attached hydrogen (secondary N) is 1. The van der Waals surface area contributed by atoms with Gasteiger partial charge in [-0.05, 0) is 50.6 Å². The number of hydrogen-bond acceptors (Lipinski definition) is 3. The van der Waals surface area contributed by atoms with E-state index < -0.39 is 0 Å². The average molecular weight is 256 g/mol. The van der Waals surface area contributed by atoms with Crippen molar-refractivity contribution < 1.29 is 5.11 Å². The molecule has 0 aromatic rings. The minimum absolute atomic E-state index is 0.314. The van der Waals surface area contributed by atoms with Crippen LogP contribution >= 0.6 is 0 Å². The first-order valence-electron chi connectivity index (χ1n) is 7.77. The predicted octanol–water partition coefficient (Wildman–Crippen LogP) is 2.11. The van der Waals surface area contributed by atoms with Gasteiger partial charge in [0.15, 0.2) is 0 Å². The molecule has 108 valence electrons. The maximum absolute atomic E-state index is 8.96. The Labute approximate surface area is 113 Å². The highest BCUT2D eigenvalue weighted by molar-refractivity contribution is 4.85. The third-order valence-electron chi connectivity index (χ3n) is 4.28. The van der Waals surface area contributed by atoms with Gasteiger partial charge >= 0.3 is 0 Å². The molecular weight excluding hydrogens is 224 g/mol. The molecule has 1 fully saturated rings. The van der Waals surface area contributed by atoms with Gasteiger partial charge in [-0.25, -0.2) is 0 Å². The summed E-state index contributed by atoms with van der Waals surface area (Å²) in [6.07, 6.45) is 4.96. The zero-order valence-corrected chi connectivity index (χ0v) is 12.5. The Hall–Kier alpha value is -0.120. The standard InChI is InChI=1S/C15H32N2O/c1-4-16-15-8-7-13(3)11-14(15)12-17(5-2)9-6-10-18/h13-16,18H,4-12H2,1-3H3. The molecule has 0 radical (unpaired) electrons. The van der Waals surface area contributed by atoms with Gasteiger partial charge in [-0.2, -0.15) is 0 Å². The van der Waals surface area contributed by atoms with Crippen molar-refractivity contribution in [2.75, 3.05) is 32.8 Å². The molecule has 0 spiro atoms. The Morgan fingerprint density at radius 1 is 1.28 bits per heavy atom. The smallest absolute Gasteiger partial charge is 0.0443 e. The first kappa shape index (κ1) is 15.9. The lowest BCUT2D eigenvalue weighted by Crippen LogP contribution is -2.45. The molecule has 1 rings (SSSR count). The largest absolute Gasteiger partial charge is 0.396 e. The summed E-state index contributed by atoms with van der Waals surface area (Å²) >= 11 is 0. The fourth-order valence-corrected chi connectivity index (χ4v) is 3.24. The van der Waals surface area contributed by atoms with Gasteiger partial charge in [-0.1, -0.05) is 20.8 Å². The Bertz CT molecular complexity index is 211. The highest BCUT2D eigenvalue weighted by atomic mass is 16.3. The topological polar surface area (TPSA) is 35.5 Å².